The lowest BCUT2D eigenvalue weighted by molar-refractivity contribution is -0.136. The van der Waals surface area contributed by atoms with E-state index in [1.165, 1.54) is 34.1 Å². The number of aromatic nitrogens is 5. The van der Waals surface area contributed by atoms with Crippen molar-refractivity contribution in [2.75, 3.05) is 31.2 Å². The highest BCUT2D eigenvalue weighted by atomic mass is 35.5. The topological polar surface area (TPSA) is 123 Å². The number of carbonyl (C=O) groups is 3. The molecular formula is C31H27ClFN7O4. The number of amides is 2. The number of ether oxygens (including phenoxy) is 1. The van der Waals surface area contributed by atoms with E-state index in [2.05, 4.69) is 20.5 Å². The second-order valence-corrected chi connectivity index (χ2v) is 10.9. The first-order valence-corrected chi connectivity index (χ1v) is 14.3. The second kappa shape index (κ2) is 12.4. The molecule has 0 aliphatic carbocycles. The minimum Gasteiger partial charge on any atom is -0.370 e. The van der Waals surface area contributed by atoms with Gasteiger partial charge < -0.3 is 9.64 Å². The minimum absolute atomic E-state index is 0.00964. The van der Waals surface area contributed by atoms with Crippen LogP contribution < -0.4 is 4.90 Å². The fourth-order valence-corrected chi connectivity index (χ4v) is 5.70. The number of benzene rings is 2. The molecule has 4 heterocycles. The van der Waals surface area contributed by atoms with E-state index in [0.29, 0.717) is 31.0 Å². The maximum absolute atomic E-state index is 15.2. The number of anilines is 1. The van der Waals surface area contributed by atoms with E-state index < -0.39 is 17.8 Å². The van der Waals surface area contributed by atoms with Gasteiger partial charge in [0.05, 0.1) is 23.9 Å². The Labute approximate surface area is 256 Å². The normalized spacial score (nSPS) is 16.8. The standard InChI is InChI=1S/C31H27ClFN7O4/c1-19-2-4-20(5-3-19)16-26(41)30-21-10-12-34-31(39-14-15-44-17-28(39)43)22(21)11-13-38(30)27(42)9-6-23-25(40-18-35-36-37-40)8-7-24(32)29(23)33/h2-10,12,18,30H,11,13-17H2,1H3/b9-6+. The Bertz CT molecular complexity index is 1760. The van der Waals surface area contributed by atoms with Gasteiger partial charge in [-0.05, 0) is 59.2 Å². The zero-order chi connectivity index (χ0) is 30.8. The third kappa shape index (κ3) is 5.73. The Hall–Kier alpha value is -4.81. The molecule has 1 saturated heterocycles. The summed E-state index contributed by atoms with van der Waals surface area (Å²) in [7, 11) is 0. The fourth-order valence-electron chi connectivity index (χ4n) is 5.54. The molecule has 224 valence electrons. The number of Topliss-reactive ketones (excluding diaryl/α,β-unsaturated/α-hetero) is 1. The molecule has 2 aliphatic rings. The highest BCUT2D eigenvalue weighted by Gasteiger charge is 2.38. The molecule has 2 amide bonds. The number of hydrogen-bond acceptors (Lipinski definition) is 8. The van der Waals surface area contributed by atoms with Crippen LogP contribution in [0, 0.1) is 12.7 Å². The van der Waals surface area contributed by atoms with E-state index in [0.717, 1.165) is 16.7 Å². The highest BCUT2D eigenvalue weighted by Crippen LogP contribution is 2.36. The summed E-state index contributed by atoms with van der Waals surface area (Å²) in [6.45, 7) is 2.79. The first-order chi connectivity index (χ1) is 21.3. The number of carbonyl (C=O) groups excluding carboxylic acids is 3. The van der Waals surface area contributed by atoms with Crippen molar-refractivity contribution in [3.05, 3.63) is 99.7 Å². The first kappa shape index (κ1) is 29.3. The summed E-state index contributed by atoms with van der Waals surface area (Å²) in [5.41, 5.74) is 3.49. The van der Waals surface area contributed by atoms with Crippen LogP contribution >= 0.6 is 11.6 Å². The van der Waals surface area contributed by atoms with Crippen LogP contribution in [0.5, 0.6) is 0 Å². The molecule has 6 rings (SSSR count). The van der Waals surface area contributed by atoms with Crippen molar-refractivity contribution in [1.82, 2.24) is 30.1 Å². The molecule has 44 heavy (non-hydrogen) atoms. The molecule has 1 unspecified atom stereocenters. The number of aryl methyl sites for hydroxylation is 1. The quantitative estimate of drug-likeness (QED) is 0.290. The SMILES string of the molecule is Cc1ccc(CC(=O)C2c3ccnc(N4CCOCC4=O)c3CCN2C(=O)/C=C/c2c(-n3cnnn3)ccc(Cl)c2F)cc1. The molecule has 2 aromatic heterocycles. The van der Waals surface area contributed by atoms with E-state index in [4.69, 9.17) is 16.3 Å². The van der Waals surface area contributed by atoms with E-state index in [1.54, 1.807) is 23.2 Å². The largest absolute Gasteiger partial charge is 0.370 e. The number of pyridine rings is 1. The van der Waals surface area contributed by atoms with Crippen molar-refractivity contribution in [3.63, 3.8) is 0 Å². The fraction of sp³-hybridized carbons (Fsp3) is 0.258. The first-order valence-electron chi connectivity index (χ1n) is 14.0. The molecule has 0 N–H and O–H groups in total. The molecule has 4 aromatic rings. The summed E-state index contributed by atoms with van der Waals surface area (Å²) < 4.78 is 21.7. The van der Waals surface area contributed by atoms with Crippen molar-refractivity contribution in [2.45, 2.75) is 25.8 Å². The van der Waals surface area contributed by atoms with Gasteiger partial charge in [0, 0.05) is 36.4 Å². The van der Waals surface area contributed by atoms with Gasteiger partial charge in [-0.15, -0.1) is 5.10 Å². The minimum atomic E-state index is -0.960. The third-order valence-electron chi connectivity index (χ3n) is 7.70. The van der Waals surface area contributed by atoms with Gasteiger partial charge in [-0.3, -0.25) is 19.3 Å². The lowest BCUT2D eigenvalue weighted by Crippen LogP contribution is -2.46. The zero-order valence-corrected chi connectivity index (χ0v) is 24.4. The average molecular weight is 616 g/mol. The van der Waals surface area contributed by atoms with Gasteiger partial charge >= 0.3 is 0 Å². The summed E-state index contributed by atoms with van der Waals surface area (Å²) >= 11 is 6.06. The molecule has 2 aromatic carbocycles. The summed E-state index contributed by atoms with van der Waals surface area (Å²) in [4.78, 5) is 48.1. The number of halogens is 2. The van der Waals surface area contributed by atoms with Gasteiger partial charge in [0.25, 0.3) is 5.91 Å². The molecule has 2 aliphatic heterocycles. The number of nitrogens with zero attached hydrogens (tertiary/aromatic N) is 7. The Morgan fingerprint density at radius 3 is 2.70 bits per heavy atom. The summed E-state index contributed by atoms with van der Waals surface area (Å²) in [6.07, 6.45) is 5.81. The van der Waals surface area contributed by atoms with Crippen molar-refractivity contribution in [3.8, 4) is 5.69 Å². The van der Waals surface area contributed by atoms with Crippen LogP contribution in [0.15, 0.2) is 61.1 Å². The smallest absolute Gasteiger partial charge is 0.254 e. The van der Waals surface area contributed by atoms with Crippen LogP contribution in [-0.4, -0.2) is 74.0 Å². The van der Waals surface area contributed by atoms with Gasteiger partial charge in [-0.2, -0.15) is 4.68 Å². The molecule has 1 atom stereocenters. The molecule has 11 nitrogen and oxygen atoms in total. The molecular weight excluding hydrogens is 589 g/mol. The van der Waals surface area contributed by atoms with E-state index in [1.807, 2.05) is 31.2 Å². The van der Waals surface area contributed by atoms with Crippen LogP contribution in [0.2, 0.25) is 5.02 Å². The summed E-state index contributed by atoms with van der Waals surface area (Å²) in [6, 6.07) is 11.3. The van der Waals surface area contributed by atoms with Crippen molar-refractivity contribution >= 4 is 41.1 Å². The number of hydrogen-bond donors (Lipinski definition) is 0. The maximum Gasteiger partial charge on any atom is 0.254 e. The predicted molar refractivity (Wildman–Crippen MR) is 159 cm³/mol. The molecule has 0 spiro atoms. The second-order valence-electron chi connectivity index (χ2n) is 10.5. The monoisotopic (exact) mass is 615 g/mol. The third-order valence-corrected chi connectivity index (χ3v) is 8.00. The molecule has 1 fully saturated rings. The van der Waals surface area contributed by atoms with Crippen LogP contribution in [0.3, 0.4) is 0 Å². The van der Waals surface area contributed by atoms with E-state index in [-0.39, 0.29) is 47.5 Å². The Morgan fingerprint density at radius 1 is 1.14 bits per heavy atom. The number of ketones is 1. The molecule has 13 heteroatoms. The number of morpholine rings is 1. The highest BCUT2D eigenvalue weighted by molar-refractivity contribution is 6.31. The van der Waals surface area contributed by atoms with Crippen molar-refractivity contribution < 1.29 is 23.5 Å². The van der Waals surface area contributed by atoms with Crippen molar-refractivity contribution in [2.24, 2.45) is 0 Å². The van der Waals surface area contributed by atoms with Crippen LogP contribution in [-0.2, 0) is 32.0 Å². The molecule has 0 saturated carbocycles. The number of tetrazole rings is 1. The Kier molecular flexibility index (Phi) is 8.27. The average Bonchev–Trinajstić information content (AvgIpc) is 3.57. The lowest BCUT2D eigenvalue weighted by atomic mass is 9.88. The van der Waals surface area contributed by atoms with Gasteiger partial charge in [0.15, 0.2) is 11.6 Å². The Balaban J connectivity index is 1.37. The van der Waals surface area contributed by atoms with Crippen molar-refractivity contribution in [1.29, 1.82) is 0 Å². The van der Waals surface area contributed by atoms with Crippen LogP contribution in [0.1, 0.15) is 33.9 Å². The van der Waals surface area contributed by atoms with Crippen LogP contribution in [0.4, 0.5) is 10.2 Å². The summed E-state index contributed by atoms with van der Waals surface area (Å²) in [5, 5.41) is 10.9. The van der Waals surface area contributed by atoms with Gasteiger partial charge in [0.2, 0.25) is 5.91 Å². The molecule has 0 radical (unpaired) electrons. The zero-order valence-electron chi connectivity index (χ0n) is 23.7. The predicted octanol–water partition coefficient (Wildman–Crippen LogP) is 3.47. The van der Waals surface area contributed by atoms with Gasteiger partial charge in [-0.25, -0.2) is 9.37 Å². The number of rotatable bonds is 7. The Morgan fingerprint density at radius 2 is 1.95 bits per heavy atom. The maximum atomic E-state index is 15.2. The number of fused-ring (bicyclic) bond motifs is 1. The molecule has 0 bridgehead atoms. The van der Waals surface area contributed by atoms with Crippen LogP contribution in [0.25, 0.3) is 11.8 Å². The van der Waals surface area contributed by atoms with E-state index in [9.17, 15) is 14.4 Å². The van der Waals surface area contributed by atoms with E-state index >= 15 is 4.39 Å². The lowest BCUT2D eigenvalue weighted by Gasteiger charge is -2.38. The van der Waals surface area contributed by atoms with Gasteiger partial charge in [-0.1, -0.05) is 41.4 Å². The summed E-state index contributed by atoms with van der Waals surface area (Å²) in [5.74, 6) is -1.20. The van der Waals surface area contributed by atoms with Gasteiger partial charge in [0.1, 0.15) is 24.8 Å².